The summed E-state index contributed by atoms with van der Waals surface area (Å²) >= 11 is 6.28. The number of benzene rings is 2. The number of hydrogen-bond donors (Lipinski definition) is 2. The second-order valence-electron chi connectivity index (χ2n) is 7.90. The smallest absolute Gasteiger partial charge is 0.252 e. The number of tetrazole rings is 1. The van der Waals surface area contributed by atoms with Crippen LogP contribution in [0.15, 0.2) is 65.6 Å². The normalized spacial score (nSPS) is 15.0. The van der Waals surface area contributed by atoms with Crippen molar-refractivity contribution in [3.63, 3.8) is 0 Å². The molecular weight excluding hydrogens is 438 g/mol. The minimum Gasteiger partial charge on any atom is -0.346 e. The van der Waals surface area contributed by atoms with Crippen LogP contribution in [0.4, 0.5) is 0 Å². The molecule has 1 aliphatic heterocycles. The van der Waals surface area contributed by atoms with E-state index in [-0.39, 0.29) is 11.6 Å². The van der Waals surface area contributed by atoms with Crippen molar-refractivity contribution in [2.24, 2.45) is 0 Å². The lowest BCUT2D eigenvalue weighted by atomic mass is 9.99. The Balaban J connectivity index is 1.40. The van der Waals surface area contributed by atoms with Crippen molar-refractivity contribution in [2.75, 3.05) is 0 Å². The molecule has 0 amide bonds. The van der Waals surface area contributed by atoms with Gasteiger partial charge in [0, 0.05) is 34.1 Å². The number of imidazole rings is 1. The van der Waals surface area contributed by atoms with Crippen LogP contribution in [0, 0.1) is 6.07 Å². The van der Waals surface area contributed by atoms with Crippen LogP contribution in [0.25, 0.3) is 33.8 Å². The van der Waals surface area contributed by atoms with E-state index in [9.17, 15) is 4.79 Å². The van der Waals surface area contributed by atoms with Crippen molar-refractivity contribution in [1.82, 2.24) is 35.2 Å². The molecular formula is C24H17ClN7O. The van der Waals surface area contributed by atoms with E-state index in [2.05, 4.69) is 31.7 Å². The minimum atomic E-state index is -0.136. The van der Waals surface area contributed by atoms with Gasteiger partial charge in [-0.25, -0.2) is 10.1 Å². The first-order chi connectivity index (χ1) is 16.2. The average molecular weight is 455 g/mol. The summed E-state index contributed by atoms with van der Waals surface area (Å²) in [6.07, 6.45) is 3.44. The number of pyridine rings is 1. The number of hydrogen-bond acceptors (Lipinski definition) is 5. The van der Waals surface area contributed by atoms with Crippen LogP contribution >= 0.6 is 11.6 Å². The Morgan fingerprint density at radius 2 is 1.94 bits per heavy atom. The molecule has 4 heterocycles. The highest BCUT2D eigenvalue weighted by molar-refractivity contribution is 6.31. The molecule has 9 heteroatoms. The van der Waals surface area contributed by atoms with Gasteiger partial charge in [-0.2, -0.15) is 0 Å². The van der Waals surface area contributed by atoms with Gasteiger partial charge in [0.15, 0.2) is 5.82 Å². The van der Waals surface area contributed by atoms with Crippen LogP contribution in [0.5, 0.6) is 0 Å². The molecule has 2 aromatic carbocycles. The van der Waals surface area contributed by atoms with Crippen LogP contribution in [-0.4, -0.2) is 35.2 Å². The molecule has 5 aromatic rings. The number of nitrogens with one attached hydrogen (secondary N) is 2. The molecule has 0 saturated heterocycles. The van der Waals surface area contributed by atoms with Crippen LogP contribution in [-0.2, 0) is 6.42 Å². The van der Waals surface area contributed by atoms with Crippen molar-refractivity contribution >= 4 is 11.6 Å². The molecule has 0 bridgehead atoms. The monoisotopic (exact) mass is 454 g/mol. The zero-order valence-electron chi connectivity index (χ0n) is 17.3. The molecule has 33 heavy (non-hydrogen) atoms. The molecule has 8 nitrogen and oxygen atoms in total. The third-order valence-electron chi connectivity index (χ3n) is 5.95. The molecule has 1 unspecified atom stereocenters. The largest absolute Gasteiger partial charge is 0.346 e. The maximum atomic E-state index is 13.3. The van der Waals surface area contributed by atoms with Gasteiger partial charge >= 0.3 is 0 Å². The van der Waals surface area contributed by atoms with Gasteiger partial charge in [-0.05, 0) is 64.7 Å². The summed E-state index contributed by atoms with van der Waals surface area (Å²) in [4.78, 5) is 21.3. The molecule has 1 atom stereocenters. The standard InChI is InChI=1S/C24H17ClN7O/c25-16-6-8-18(23-28-30-31-29-23)19(12-16)15-10-17-7-9-21(32(17)22(33)11-15)24-26-13-20(27-24)14-4-2-1-3-5-14/h2-6,8,10-13,21H,7,9H2,(H,26,27)(H,28,29,30,31). The Bertz CT molecular complexity index is 1510. The fourth-order valence-electron chi connectivity index (χ4n) is 4.46. The fraction of sp³-hybridized carbons (Fsp3) is 0.125. The fourth-order valence-corrected chi connectivity index (χ4v) is 4.63. The molecule has 1 aliphatic rings. The van der Waals surface area contributed by atoms with E-state index in [4.69, 9.17) is 16.6 Å². The molecule has 0 saturated carbocycles. The Kier molecular flexibility index (Phi) is 4.66. The maximum Gasteiger partial charge on any atom is 0.252 e. The third-order valence-corrected chi connectivity index (χ3v) is 6.19. The number of aromatic nitrogens is 7. The second kappa shape index (κ2) is 7.83. The van der Waals surface area contributed by atoms with E-state index < -0.39 is 0 Å². The average Bonchev–Trinajstić information content (AvgIpc) is 3.60. The van der Waals surface area contributed by atoms with Crippen molar-refractivity contribution in [1.29, 1.82) is 0 Å². The van der Waals surface area contributed by atoms with Gasteiger partial charge in [0.1, 0.15) is 5.82 Å². The van der Waals surface area contributed by atoms with Gasteiger partial charge in [-0.3, -0.25) is 4.79 Å². The number of rotatable bonds is 4. The Labute approximate surface area is 193 Å². The SMILES string of the molecule is O=c1cc(-c2cc(Cl)ccc2-c2nnn[nH]2)cc2n1C(c1nc(-c3cc[c]cc3)c[nH]1)CC2. The van der Waals surface area contributed by atoms with E-state index in [0.717, 1.165) is 52.3 Å². The first kappa shape index (κ1) is 19.6. The van der Waals surface area contributed by atoms with E-state index >= 15 is 0 Å². The number of halogens is 1. The van der Waals surface area contributed by atoms with E-state index in [1.807, 2.05) is 53.2 Å². The molecule has 0 aliphatic carbocycles. The first-order valence-corrected chi connectivity index (χ1v) is 10.9. The molecule has 0 spiro atoms. The van der Waals surface area contributed by atoms with Crippen LogP contribution in [0.3, 0.4) is 0 Å². The third kappa shape index (κ3) is 3.44. The number of aromatic amines is 2. The topological polar surface area (TPSA) is 105 Å². The molecule has 3 aromatic heterocycles. The summed E-state index contributed by atoms with van der Waals surface area (Å²) in [5.41, 5.74) is 5.08. The molecule has 0 fully saturated rings. The summed E-state index contributed by atoms with van der Waals surface area (Å²) in [7, 11) is 0. The molecule has 6 rings (SSSR count). The van der Waals surface area contributed by atoms with Gasteiger partial charge in [-0.1, -0.05) is 35.9 Å². The summed E-state index contributed by atoms with van der Waals surface area (Å²) in [6, 6.07) is 19.7. The Morgan fingerprint density at radius 3 is 2.76 bits per heavy atom. The summed E-state index contributed by atoms with van der Waals surface area (Å²) in [6.45, 7) is 0. The van der Waals surface area contributed by atoms with Gasteiger partial charge in [0.05, 0.1) is 11.7 Å². The number of aryl methyl sites for hydroxylation is 1. The molecule has 161 valence electrons. The summed E-state index contributed by atoms with van der Waals surface area (Å²) in [5.74, 6) is 1.30. The van der Waals surface area contributed by atoms with E-state index in [0.29, 0.717) is 10.8 Å². The van der Waals surface area contributed by atoms with Crippen molar-refractivity contribution in [3.05, 3.63) is 93.8 Å². The lowest BCUT2D eigenvalue weighted by Gasteiger charge is -2.14. The number of fused-ring (bicyclic) bond motifs is 1. The highest BCUT2D eigenvalue weighted by atomic mass is 35.5. The van der Waals surface area contributed by atoms with Gasteiger partial charge < -0.3 is 9.55 Å². The van der Waals surface area contributed by atoms with Crippen LogP contribution in [0.1, 0.15) is 24.0 Å². The lowest BCUT2D eigenvalue weighted by Crippen LogP contribution is -2.23. The van der Waals surface area contributed by atoms with Crippen LogP contribution < -0.4 is 5.56 Å². The zero-order chi connectivity index (χ0) is 22.4. The minimum absolute atomic E-state index is 0.0844. The molecule has 1 radical (unpaired) electrons. The van der Waals surface area contributed by atoms with Gasteiger partial charge in [-0.15, -0.1) is 5.10 Å². The predicted octanol–water partition coefficient (Wildman–Crippen LogP) is 4.07. The van der Waals surface area contributed by atoms with Gasteiger partial charge in [0.25, 0.3) is 5.56 Å². The predicted molar refractivity (Wildman–Crippen MR) is 124 cm³/mol. The van der Waals surface area contributed by atoms with Crippen LogP contribution in [0.2, 0.25) is 5.02 Å². The van der Waals surface area contributed by atoms with Crippen molar-refractivity contribution < 1.29 is 0 Å². The summed E-state index contributed by atoms with van der Waals surface area (Å²) < 4.78 is 1.82. The Morgan fingerprint density at radius 1 is 1.06 bits per heavy atom. The van der Waals surface area contributed by atoms with Crippen molar-refractivity contribution in [2.45, 2.75) is 18.9 Å². The maximum absolute atomic E-state index is 13.3. The van der Waals surface area contributed by atoms with Crippen molar-refractivity contribution in [3.8, 4) is 33.8 Å². The van der Waals surface area contributed by atoms with E-state index in [1.54, 1.807) is 12.1 Å². The number of nitrogens with zero attached hydrogens (tertiary/aromatic N) is 5. The summed E-state index contributed by atoms with van der Waals surface area (Å²) in [5, 5.41) is 14.7. The van der Waals surface area contributed by atoms with E-state index in [1.165, 1.54) is 0 Å². The highest BCUT2D eigenvalue weighted by Gasteiger charge is 2.28. The zero-order valence-corrected chi connectivity index (χ0v) is 18.0. The quantitative estimate of drug-likeness (QED) is 0.425. The van der Waals surface area contributed by atoms with Gasteiger partial charge in [0.2, 0.25) is 0 Å². The molecule has 2 N–H and O–H groups in total. The number of H-pyrrole nitrogens is 2. The highest BCUT2D eigenvalue weighted by Crippen LogP contribution is 2.35. The lowest BCUT2D eigenvalue weighted by molar-refractivity contribution is 0.572. The first-order valence-electron chi connectivity index (χ1n) is 10.5. The Hall–Kier alpha value is -4.04. The second-order valence-corrected chi connectivity index (χ2v) is 8.33.